The molecule has 1 N–H and O–H groups in total. The van der Waals surface area contributed by atoms with Crippen molar-refractivity contribution < 1.29 is 14.0 Å². The number of amides is 1. The van der Waals surface area contributed by atoms with E-state index in [2.05, 4.69) is 4.99 Å². The predicted octanol–water partition coefficient (Wildman–Crippen LogP) is 4.05. The molecular weight excluding hydrogens is 342 g/mol. The summed E-state index contributed by atoms with van der Waals surface area (Å²) in [7, 11) is 0. The van der Waals surface area contributed by atoms with Crippen LogP contribution in [0.25, 0.3) is 17.4 Å². The molecular formula is C18H12ClN3O3. The maximum absolute atomic E-state index is 12.2. The van der Waals surface area contributed by atoms with Crippen molar-refractivity contribution in [1.82, 2.24) is 5.06 Å². The highest BCUT2D eigenvalue weighted by Crippen LogP contribution is 2.30. The van der Waals surface area contributed by atoms with Crippen LogP contribution in [0.5, 0.6) is 0 Å². The summed E-state index contributed by atoms with van der Waals surface area (Å²) in [5.41, 5.74) is 0.841. The van der Waals surface area contributed by atoms with E-state index in [1.54, 1.807) is 31.2 Å². The van der Waals surface area contributed by atoms with Crippen LogP contribution < -0.4 is 0 Å². The quantitative estimate of drug-likeness (QED) is 0.826. The highest BCUT2D eigenvalue weighted by atomic mass is 35.5. The molecule has 0 aliphatic carbocycles. The highest BCUT2D eigenvalue weighted by molar-refractivity contribution is 6.33. The average Bonchev–Trinajstić information content (AvgIpc) is 3.18. The Labute approximate surface area is 148 Å². The standard InChI is InChI=1S/C18H12ClN3O3/c1-10-8-16-21-18(23)13(17(20)22(16)25-10)9-11-6-7-15(24-11)12-4-2-3-5-14(12)19/h2-9,20H,1H3/b13-9+,20-17?. The number of nitrogens with one attached hydrogen (secondary N) is 1. The Morgan fingerprint density at radius 2 is 2.04 bits per heavy atom. The van der Waals surface area contributed by atoms with Crippen molar-refractivity contribution in [2.45, 2.75) is 6.92 Å². The molecule has 0 unspecified atom stereocenters. The van der Waals surface area contributed by atoms with E-state index in [0.29, 0.717) is 28.1 Å². The second kappa shape index (κ2) is 5.75. The van der Waals surface area contributed by atoms with Crippen molar-refractivity contribution in [1.29, 1.82) is 5.41 Å². The smallest absolute Gasteiger partial charge is 0.283 e. The molecule has 1 amide bonds. The third kappa shape index (κ3) is 2.66. The number of carbonyl (C=O) groups excluding carboxylic acids is 1. The van der Waals surface area contributed by atoms with Gasteiger partial charge in [-0.15, -0.1) is 5.06 Å². The summed E-state index contributed by atoms with van der Waals surface area (Å²) in [5.74, 6) is 1.27. The molecule has 2 aromatic rings. The monoisotopic (exact) mass is 353 g/mol. The molecule has 0 spiro atoms. The second-order valence-electron chi connectivity index (χ2n) is 5.50. The largest absolute Gasteiger partial charge is 0.457 e. The van der Waals surface area contributed by atoms with Gasteiger partial charge in [0.1, 0.15) is 17.3 Å². The lowest BCUT2D eigenvalue weighted by Gasteiger charge is -2.22. The molecule has 6 nitrogen and oxygen atoms in total. The molecule has 0 bridgehead atoms. The Hall–Kier alpha value is -3.12. The third-order valence-corrected chi connectivity index (χ3v) is 4.06. The number of hydrogen-bond donors (Lipinski definition) is 1. The van der Waals surface area contributed by atoms with Crippen LogP contribution in [0.3, 0.4) is 0 Å². The van der Waals surface area contributed by atoms with Crippen LogP contribution >= 0.6 is 11.6 Å². The van der Waals surface area contributed by atoms with Crippen molar-refractivity contribution in [3.05, 3.63) is 64.6 Å². The Morgan fingerprint density at radius 1 is 1.24 bits per heavy atom. The number of carbonyl (C=O) groups is 1. The van der Waals surface area contributed by atoms with Gasteiger partial charge >= 0.3 is 0 Å². The van der Waals surface area contributed by atoms with Gasteiger partial charge in [0.05, 0.1) is 10.6 Å². The lowest BCUT2D eigenvalue weighted by atomic mass is 10.1. The number of hydrogen-bond acceptors (Lipinski definition) is 4. The van der Waals surface area contributed by atoms with E-state index in [0.717, 1.165) is 5.56 Å². The molecule has 2 aliphatic rings. The summed E-state index contributed by atoms with van der Waals surface area (Å²) in [6, 6.07) is 10.8. The van der Waals surface area contributed by atoms with Crippen molar-refractivity contribution in [2.75, 3.05) is 0 Å². The number of fused-ring (bicyclic) bond motifs is 1. The maximum Gasteiger partial charge on any atom is 0.283 e. The Kier molecular flexibility index (Phi) is 3.54. The minimum atomic E-state index is -0.513. The van der Waals surface area contributed by atoms with Crippen molar-refractivity contribution >= 4 is 35.3 Å². The number of halogens is 1. The van der Waals surface area contributed by atoms with Crippen molar-refractivity contribution in [3.63, 3.8) is 0 Å². The molecule has 4 rings (SSSR count). The number of rotatable bonds is 2. The summed E-state index contributed by atoms with van der Waals surface area (Å²) in [5, 5.41) is 9.96. The summed E-state index contributed by atoms with van der Waals surface area (Å²) >= 11 is 6.17. The Bertz CT molecular complexity index is 1000. The first-order chi connectivity index (χ1) is 12.0. The van der Waals surface area contributed by atoms with Crippen molar-refractivity contribution in [3.8, 4) is 11.3 Å². The van der Waals surface area contributed by atoms with E-state index in [4.69, 9.17) is 26.3 Å². The van der Waals surface area contributed by atoms with Crippen LogP contribution in [0.4, 0.5) is 0 Å². The fraction of sp³-hybridized carbons (Fsp3) is 0.0556. The topological polar surface area (TPSA) is 78.9 Å². The van der Waals surface area contributed by atoms with Crippen LogP contribution in [-0.2, 0) is 9.63 Å². The van der Waals surface area contributed by atoms with Gasteiger partial charge in [-0.2, -0.15) is 4.99 Å². The molecule has 124 valence electrons. The number of nitrogens with zero attached hydrogens (tertiary/aromatic N) is 2. The molecule has 0 radical (unpaired) electrons. The maximum atomic E-state index is 12.2. The number of furan rings is 1. The molecule has 25 heavy (non-hydrogen) atoms. The molecule has 2 aliphatic heterocycles. The highest BCUT2D eigenvalue weighted by Gasteiger charge is 2.34. The van der Waals surface area contributed by atoms with Gasteiger partial charge in [0, 0.05) is 11.6 Å². The van der Waals surface area contributed by atoms with E-state index in [9.17, 15) is 4.79 Å². The Balaban J connectivity index is 1.68. The van der Waals surface area contributed by atoms with Gasteiger partial charge < -0.3 is 9.25 Å². The van der Waals surface area contributed by atoms with Crippen LogP contribution in [0.15, 0.2) is 63.2 Å². The van der Waals surface area contributed by atoms with Crippen LogP contribution in [-0.4, -0.2) is 22.6 Å². The SMILES string of the molecule is CC1=CC2=NC(=O)/C(=C/c3ccc(-c4ccccc4Cl)o3)C(=N)N2O1. The minimum Gasteiger partial charge on any atom is -0.457 e. The minimum absolute atomic E-state index is 0.0845. The van der Waals surface area contributed by atoms with Gasteiger partial charge in [-0.1, -0.05) is 23.7 Å². The first kappa shape index (κ1) is 15.4. The molecule has 1 aromatic heterocycles. The Morgan fingerprint density at radius 3 is 2.84 bits per heavy atom. The summed E-state index contributed by atoms with van der Waals surface area (Å²) in [4.78, 5) is 21.5. The number of allylic oxidation sites excluding steroid dienone is 1. The fourth-order valence-corrected chi connectivity index (χ4v) is 2.81. The molecule has 0 fully saturated rings. The van der Waals surface area contributed by atoms with E-state index < -0.39 is 5.91 Å². The van der Waals surface area contributed by atoms with Crippen LogP contribution in [0.1, 0.15) is 12.7 Å². The molecule has 3 heterocycles. The molecule has 7 heteroatoms. The fourth-order valence-electron chi connectivity index (χ4n) is 2.58. The molecule has 0 saturated carbocycles. The third-order valence-electron chi connectivity index (χ3n) is 3.73. The predicted molar refractivity (Wildman–Crippen MR) is 94.0 cm³/mol. The van der Waals surface area contributed by atoms with E-state index in [-0.39, 0.29) is 11.4 Å². The van der Waals surface area contributed by atoms with Gasteiger partial charge in [-0.25, -0.2) is 0 Å². The average molecular weight is 354 g/mol. The van der Waals surface area contributed by atoms with E-state index >= 15 is 0 Å². The normalized spacial score (nSPS) is 18.2. The molecule has 1 aromatic carbocycles. The van der Waals surface area contributed by atoms with Gasteiger partial charge in [0.15, 0.2) is 11.7 Å². The van der Waals surface area contributed by atoms with Crippen LogP contribution in [0, 0.1) is 5.41 Å². The zero-order valence-corrected chi connectivity index (χ0v) is 13.9. The first-order valence-electron chi connectivity index (χ1n) is 7.48. The zero-order valence-electron chi connectivity index (χ0n) is 13.1. The number of hydroxylamine groups is 2. The lowest BCUT2D eigenvalue weighted by Crippen LogP contribution is -2.38. The molecule has 0 atom stereocenters. The lowest BCUT2D eigenvalue weighted by molar-refractivity contribution is -0.114. The zero-order chi connectivity index (χ0) is 17.6. The first-order valence-corrected chi connectivity index (χ1v) is 7.85. The summed E-state index contributed by atoms with van der Waals surface area (Å²) in [6.45, 7) is 1.73. The summed E-state index contributed by atoms with van der Waals surface area (Å²) in [6.07, 6.45) is 3.08. The number of aliphatic imine (C=N–C) groups is 1. The van der Waals surface area contributed by atoms with E-state index in [1.165, 1.54) is 11.1 Å². The number of benzene rings is 1. The summed E-state index contributed by atoms with van der Waals surface area (Å²) < 4.78 is 5.75. The van der Waals surface area contributed by atoms with Gasteiger partial charge in [-0.3, -0.25) is 10.2 Å². The second-order valence-corrected chi connectivity index (χ2v) is 5.91. The number of amidine groups is 2. The molecule has 0 saturated heterocycles. The van der Waals surface area contributed by atoms with Gasteiger partial charge in [0.25, 0.3) is 5.91 Å². The van der Waals surface area contributed by atoms with Crippen LogP contribution in [0.2, 0.25) is 5.02 Å². The van der Waals surface area contributed by atoms with Gasteiger partial charge in [0.2, 0.25) is 0 Å². The van der Waals surface area contributed by atoms with Gasteiger partial charge in [-0.05, 0) is 37.3 Å². The van der Waals surface area contributed by atoms with Crippen molar-refractivity contribution in [2.24, 2.45) is 4.99 Å². The van der Waals surface area contributed by atoms with E-state index in [1.807, 2.05) is 18.2 Å².